The lowest BCUT2D eigenvalue weighted by molar-refractivity contribution is 0.0635. The Hall–Kier alpha value is -2.11. The van der Waals surface area contributed by atoms with Crippen LogP contribution in [-0.2, 0) is 4.74 Å². The normalized spacial score (nSPS) is 14.8. The highest BCUT2D eigenvalue weighted by Crippen LogP contribution is 2.20. The predicted octanol–water partition coefficient (Wildman–Crippen LogP) is 4.13. The van der Waals surface area contributed by atoms with Gasteiger partial charge in [0.2, 0.25) is 0 Å². The van der Waals surface area contributed by atoms with E-state index in [0.717, 1.165) is 13.0 Å². The lowest BCUT2D eigenvalue weighted by Gasteiger charge is -2.19. The Morgan fingerprint density at radius 2 is 1.96 bits per heavy atom. The Kier molecular flexibility index (Phi) is 5.96. The molecule has 1 aliphatic carbocycles. The summed E-state index contributed by atoms with van der Waals surface area (Å²) in [6, 6.07) is 3.51. The lowest BCUT2D eigenvalue weighted by atomic mass is 9.97. The van der Waals surface area contributed by atoms with Gasteiger partial charge in [0.05, 0.1) is 0 Å². The summed E-state index contributed by atoms with van der Waals surface area (Å²) < 4.78 is 5.16. The Morgan fingerprint density at radius 3 is 2.57 bits per heavy atom. The van der Waals surface area contributed by atoms with Crippen LogP contribution in [0.3, 0.4) is 0 Å². The first-order valence-corrected chi connectivity index (χ1v) is 8.18. The molecule has 0 bridgehead atoms. The van der Waals surface area contributed by atoms with Crippen molar-refractivity contribution < 1.29 is 9.53 Å². The molecular formula is C17H26N4O2. The topological polar surface area (TPSA) is 76.1 Å². The van der Waals surface area contributed by atoms with E-state index >= 15 is 0 Å². The fraction of sp³-hybridized carbons (Fsp3) is 0.588. The fourth-order valence-corrected chi connectivity index (χ4v) is 2.38. The first-order chi connectivity index (χ1) is 10.9. The number of anilines is 2. The molecule has 0 radical (unpaired) electrons. The molecule has 6 nitrogen and oxygen atoms in total. The van der Waals surface area contributed by atoms with Crippen LogP contribution in [0, 0.1) is 0 Å². The van der Waals surface area contributed by atoms with Crippen LogP contribution in [0.2, 0.25) is 0 Å². The van der Waals surface area contributed by atoms with Crippen molar-refractivity contribution >= 4 is 17.7 Å². The molecule has 0 unspecified atom stereocenters. The monoisotopic (exact) mass is 318 g/mol. The van der Waals surface area contributed by atoms with Gasteiger partial charge in [-0.15, -0.1) is 10.2 Å². The Labute approximate surface area is 137 Å². The van der Waals surface area contributed by atoms with E-state index < -0.39 is 11.7 Å². The van der Waals surface area contributed by atoms with E-state index in [4.69, 9.17) is 4.74 Å². The number of hydrogen-bond acceptors (Lipinski definition) is 5. The summed E-state index contributed by atoms with van der Waals surface area (Å²) in [7, 11) is 0. The zero-order valence-electron chi connectivity index (χ0n) is 14.2. The van der Waals surface area contributed by atoms with E-state index in [2.05, 4.69) is 26.9 Å². The lowest BCUT2D eigenvalue weighted by Crippen LogP contribution is -2.27. The number of rotatable bonds is 5. The molecule has 1 heterocycles. The summed E-state index contributed by atoms with van der Waals surface area (Å²) in [6.07, 6.45) is 7.90. The minimum absolute atomic E-state index is 0.375. The van der Waals surface area contributed by atoms with E-state index in [9.17, 15) is 4.79 Å². The summed E-state index contributed by atoms with van der Waals surface area (Å²) in [6.45, 7) is 6.28. The third-order valence-electron chi connectivity index (χ3n) is 3.43. The van der Waals surface area contributed by atoms with Crippen molar-refractivity contribution in [2.75, 3.05) is 17.2 Å². The molecule has 1 amide bonds. The summed E-state index contributed by atoms with van der Waals surface area (Å²) >= 11 is 0. The van der Waals surface area contributed by atoms with E-state index in [1.54, 1.807) is 12.1 Å². The second kappa shape index (κ2) is 7.94. The quantitative estimate of drug-likeness (QED) is 0.798. The van der Waals surface area contributed by atoms with Crippen molar-refractivity contribution in [1.29, 1.82) is 0 Å². The van der Waals surface area contributed by atoms with Crippen molar-refractivity contribution in [3.63, 3.8) is 0 Å². The van der Waals surface area contributed by atoms with Gasteiger partial charge in [0.1, 0.15) is 11.4 Å². The summed E-state index contributed by atoms with van der Waals surface area (Å²) in [5, 5.41) is 13.8. The van der Waals surface area contributed by atoms with E-state index in [1.807, 2.05) is 20.8 Å². The van der Waals surface area contributed by atoms with Gasteiger partial charge < -0.3 is 10.1 Å². The van der Waals surface area contributed by atoms with Crippen molar-refractivity contribution in [3.05, 3.63) is 23.8 Å². The maximum absolute atomic E-state index is 11.6. The number of hydrogen-bond donors (Lipinski definition) is 2. The molecule has 2 rings (SSSR count). The number of amides is 1. The molecule has 0 aromatic carbocycles. The van der Waals surface area contributed by atoms with Gasteiger partial charge in [0.15, 0.2) is 5.82 Å². The second-order valence-electron chi connectivity index (χ2n) is 6.72. The van der Waals surface area contributed by atoms with Gasteiger partial charge in [-0.05, 0) is 65.0 Å². The number of allylic oxidation sites excluding steroid dienone is 1. The fourth-order valence-electron chi connectivity index (χ4n) is 2.38. The smallest absolute Gasteiger partial charge is 0.413 e. The van der Waals surface area contributed by atoms with Crippen LogP contribution in [0.4, 0.5) is 16.4 Å². The standard InChI is InChI=1S/C17H26N4O2/c1-17(2,3)23-16(22)19-15-10-9-14(20-21-15)18-12-11-13-7-5-4-6-8-13/h7,9-10H,4-6,8,11-12H2,1-3H3,(H,18,20)(H,19,21,22). The molecule has 0 atom stereocenters. The molecule has 23 heavy (non-hydrogen) atoms. The average molecular weight is 318 g/mol. The largest absolute Gasteiger partial charge is 0.444 e. The highest BCUT2D eigenvalue weighted by atomic mass is 16.6. The summed E-state index contributed by atoms with van der Waals surface area (Å²) in [5.74, 6) is 1.08. The maximum atomic E-state index is 11.6. The first kappa shape index (κ1) is 17.2. The number of nitrogens with zero attached hydrogens (tertiary/aromatic N) is 2. The van der Waals surface area contributed by atoms with Crippen LogP contribution in [0.25, 0.3) is 0 Å². The zero-order valence-corrected chi connectivity index (χ0v) is 14.2. The Balaban J connectivity index is 1.75. The number of ether oxygens (including phenoxy) is 1. The predicted molar refractivity (Wildman–Crippen MR) is 91.5 cm³/mol. The van der Waals surface area contributed by atoms with Crippen LogP contribution in [0.15, 0.2) is 23.8 Å². The van der Waals surface area contributed by atoms with Crippen LogP contribution >= 0.6 is 0 Å². The van der Waals surface area contributed by atoms with Crippen LogP contribution < -0.4 is 10.6 Å². The molecule has 6 heteroatoms. The number of nitrogens with one attached hydrogen (secondary N) is 2. The molecule has 1 aromatic heterocycles. The van der Waals surface area contributed by atoms with Crippen molar-refractivity contribution in [2.45, 2.75) is 58.5 Å². The molecule has 1 aliphatic rings. The van der Waals surface area contributed by atoms with Gasteiger partial charge in [-0.2, -0.15) is 0 Å². The number of carbonyl (C=O) groups excluding carboxylic acids is 1. The molecule has 1 aromatic rings. The molecule has 0 spiro atoms. The summed E-state index contributed by atoms with van der Waals surface area (Å²) in [4.78, 5) is 11.6. The van der Waals surface area contributed by atoms with Gasteiger partial charge in [-0.3, -0.25) is 5.32 Å². The molecule has 0 fully saturated rings. The van der Waals surface area contributed by atoms with Crippen LogP contribution in [-0.4, -0.2) is 28.4 Å². The molecule has 126 valence electrons. The van der Waals surface area contributed by atoms with Gasteiger partial charge >= 0.3 is 6.09 Å². The minimum Gasteiger partial charge on any atom is -0.444 e. The number of carbonyl (C=O) groups is 1. The van der Waals surface area contributed by atoms with Gasteiger partial charge in [0, 0.05) is 6.54 Å². The minimum atomic E-state index is -0.535. The molecular weight excluding hydrogens is 292 g/mol. The van der Waals surface area contributed by atoms with E-state index in [-0.39, 0.29) is 0 Å². The Bertz CT molecular complexity index is 547. The highest BCUT2D eigenvalue weighted by molar-refractivity contribution is 5.83. The average Bonchev–Trinajstić information content (AvgIpc) is 2.48. The maximum Gasteiger partial charge on any atom is 0.413 e. The SMILES string of the molecule is CC(C)(C)OC(=O)Nc1ccc(NCCC2=CCCCC2)nn1. The van der Waals surface area contributed by atoms with Crippen LogP contribution in [0.5, 0.6) is 0 Å². The van der Waals surface area contributed by atoms with E-state index in [0.29, 0.717) is 11.6 Å². The van der Waals surface area contributed by atoms with Gasteiger partial charge in [-0.25, -0.2) is 4.79 Å². The summed E-state index contributed by atoms with van der Waals surface area (Å²) in [5.41, 5.74) is 0.993. The Morgan fingerprint density at radius 1 is 1.22 bits per heavy atom. The zero-order chi connectivity index (χ0) is 16.7. The van der Waals surface area contributed by atoms with Crippen molar-refractivity contribution in [3.8, 4) is 0 Å². The van der Waals surface area contributed by atoms with Gasteiger partial charge in [-0.1, -0.05) is 11.6 Å². The van der Waals surface area contributed by atoms with Gasteiger partial charge in [0.25, 0.3) is 0 Å². The van der Waals surface area contributed by atoms with E-state index in [1.165, 1.54) is 31.3 Å². The van der Waals surface area contributed by atoms with Crippen molar-refractivity contribution in [2.24, 2.45) is 0 Å². The number of aromatic nitrogens is 2. The molecule has 0 saturated heterocycles. The molecule has 0 aliphatic heterocycles. The van der Waals surface area contributed by atoms with Crippen LogP contribution in [0.1, 0.15) is 52.9 Å². The second-order valence-corrected chi connectivity index (χ2v) is 6.72. The molecule has 2 N–H and O–H groups in total. The highest BCUT2D eigenvalue weighted by Gasteiger charge is 2.16. The van der Waals surface area contributed by atoms with Crippen molar-refractivity contribution in [1.82, 2.24) is 10.2 Å². The first-order valence-electron chi connectivity index (χ1n) is 8.18. The molecule has 0 saturated carbocycles. The third kappa shape index (κ3) is 6.67. The third-order valence-corrected chi connectivity index (χ3v) is 3.43.